The van der Waals surface area contributed by atoms with Crippen LogP contribution >= 0.6 is 112 Å². The number of benzene rings is 2. The van der Waals surface area contributed by atoms with E-state index in [-0.39, 0.29) is 10.9 Å². The maximum Gasteiger partial charge on any atom is 0.147 e. The molecule has 3 nitrogen and oxygen atoms in total. The number of halogens is 7. The van der Waals surface area contributed by atoms with Crippen LogP contribution in [0, 0.1) is 0 Å². The molecule has 2 aromatic rings. The lowest BCUT2D eigenvalue weighted by Gasteiger charge is -2.18. The van der Waals surface area contributed by atoms with Crippen LogP contribution < -0.4 is 9.47 Å². The standard InChI is InChI=1S/C23H25Br7O3/c1-2-3-4-31-17(11-25)13-33-23-20(29)8-15(9-21(23)30)5-14-6-18(27)22(19(28)7-14)32-12-16(26)10-24/h6-9,16-17H,2-5,10-13H2,1H3. The third kappa shape index (κ3) is 10.3. The second-order valence-corrected chi connectivity index (χ2v) is 13.3. The van der Waals surface area contributed by atoms with Gasteiger partial charge in [-0.25, -0.2) is 0 Å². The molecule has 0 aliphatic carbocycles. The van der Waals surface area contributed by atoms with E-state index >= 15 is 0 Å². The average Bonchev–Trinajstić information content (AvgIpc) is 2.76. The summed E-state index contributed by atoms with van der Waals surface area (Å²) in [6.45, 7) is 3.96. The van der Waals surface area contributed by atoms with Crippen molar-refractivity contribution in [3.63, 3.8) is 0 Å². The molecule has 0 aliphatic rings. The predicted octanol–water partition coefficient (Wildman–Crippen LogP) is 9.82. The molecule has 0 spiro atoms. The zero-order valence-electron chi connectivity index (χ0n) is 18.0. The fourth-order valence-corrected chi connectivity index (χ4v) is 6.58. The molecule has 0 aliphatic heterocycles. The Hall–Kier alpha value is 1.36. The quantitative estimate of drug-likeness (QED) is 0.140. The molecule has 10 heteroatoms. The van der Waals surface area contributed by atoms with Crippen LogP contribution in [0.1, 0.15) is 30.9 Å². The highest BCUT2D eigenvalue weighted by Crippen LogP contribution is 2.38. The van der Waals surface area contributed by atoms with Crippen LogP contribution in [0.4, 0.5) is 0 Å². The first-order chi connectivity index (χ1) is 15.8. The van der Waals surface area contributed by atoms with Crippen molar-refractivity contribution in [1.82, 2.24) is 0 Å². The highest BCUT2D eigenvalue weighted by atomic mass is 79.9. The lowest BCUT2D eigenvalue weighted by Crippen LogP contribution is -2.24. The van der Waals surface area contributed by atoms with E-state index in [9.17, 15) is 0 Å². The summed E-state index contributed by atoms with van der Waals surface area (Å²) < 4.78 is 21.6. The fraction of sp³-hybridized carbons (Fsp3) is 0.478. The van der Waals surface area contributed by atoms with Crippen molar-refractivity contribution in [3.8, 4) is 11.5 Å². The molecule has 2 unspecified atom stereocenters. The van der Waals surface area contributed by atoms with Gasteiger partial charge in [0.25, 0.3) is 0 Å². The van der Waals surface area contributed by atoms with Gasteiger partial charge < -0.3 is 14.2 Å². The van der Waals surface area contributed by atoms with Gasteiger partial charge in [0, 0.05) is 17.3 Å². The van der Waals surface area contributed by atoms with E-state index in [0.717, 1.165) is 77.0 Å². The van der Waals surface area contributed by atoms with Gasteiger partial charge in [-0.05, 0) is 112 Å². The average molecular weight is 909 g/mol. The largest absolute Gasteiger partial charge is 0.490 e. The van der Waals surface area contributed by atoms with Crippen LogP contribution in [0.15, 0.2) is 42.2 Å². The van der Waals surface area contributed by atoms with Gasteiger partial charge in [0.2, 0.25) is 0 Å². The lowest BCUT2D eigenvalue weighted by atomic mass is 10.0. The molecule has 0 saturated carbocycles. The summed E-state index contributed by atoms with van der Waals surface area (Å²) in [4.78, 5) is 0.249. The second-order valence-electron chi connectivity index (χ2n) is 7.33. The topological polar surface area (TPSA) is 27.7 Å². The summed E-state index contributed by atoms with van der Waals surface area (Å²) in [5, 5.41) is 1.56. The molecule has 2 rings (SSSR count). The molecule has 0 saturated heterocycles. The smallest absolute Gasteiger partial charge is 0.147 e. The third-order valence-electron chi connectivity index (χ3n) is 4.54. The van der Waals surface area contributed by atoms with E-state index in [1.165, 1.54) is 0 Å². The third-order valence-corrected chi connectivity index (χ3v) is 9.85. The van der Waals surface area contributed by atoms with Crippen molar-refractivity contribution in [3.05, 3.63) is 53.3 Å². The van der Waals surface area contributed by atoms with Gasteiger partial charge in [-0.15, -0.1) is 0 Å². The number of rotatable bonds is 14. The van der Waals surface area contributed by atoms with E-state index in [1.54, 1.807) is 0 Å². The number of alkyl halides is 3. The molecule has 0 fully saturated rings. The number of unbranched alkanes of at least 4 members (excludes halogenated alkanes) is 1. The summed E-state index contributed by atoms with van der Waals surface area (Å²) in [6.07, 6.45) is 2.95. The molecule has 0 aromatic heterocycles. The Balaban J connectivity index is 2.07. The van der Waals surface area contributed by atoms with E-state index < -0.39 is 0 Å². The van der Waals surface area contributed by atoms with E-state index in [4.69, 9.17) is 14.2 Å². The Morgan fingerprint density at radius 2 is 1.24 bits per heavy atom. The lowest BCUT2D eigenvalue weighted by molar-refractivity contribution is 0.0342. The van der Waals surface area contributed by atoms with E-state index in [1.807, 2.05) is 0 Å². The minimum Gasteiger partial charge on any atom is -0.490 e. The van der Waals surface area contributed by atoms with Crippen LogP contribution in [0.2, 0.25) is 0 Å². The number of hydrogen-bond acceptors (Lipinski definition) is 3. The zero-order valence-corrected chi connectivity index (χ0v) is 29.1. The second kappa shape index (κ2) is 16.3. The fourth-order valence-electron chi connectivity index (χ4n) is 2.87. The maximum atomic E-state index is 6.08. The van der Waals surface area contributed by atoms with Crippen molar-refractivity contribution in [2.45, 2.75) is 37.1 Å². The first kappa shape index (κ1) is 30.6. The Kier molecular flexibility index (Phi) is 15.1. The Morgan fingerprint density at radius 3 is 1.67 bits per heavy atom. The number of hydrogen-bond donors (Lipinski definition) is 0. The van der Waals surface area contributed by atoms with Gasteiger partial charge in [-0.3, -0.25) is 0 Å². The SMILES string of the molecule is CCCCOC(CBr)COc1c(Br)cc(Cc2cc(Br)c(OCC(Br)CBr)c(Br)c2)cc1Br. The highest BCUT2D eigenvalue weighted by molar-refractivity contribution is 9.12. The molecule has 33 heavy (non-hydrogen) atoms. The minimum absolute atomic E-state index is 0.0137. The van der Waals surface area contributed by atoms with Crippen LogP contribution in [-0.2, 0) is 11.2 Å². The van der Waals surface area contributed by atoms with Crippen LogP contribution in [0.3, 0.4) is 0 Å². The van der Waals surface area contributed by atoms with Crippen molar-refractivity contribution < 1.29 is 14.2 Å². The number of ether oxygens (including phenoxy) is 3. The van der Waals surface area contributed by atoms with Crippen LogP contribution in [0.25, 0.3) is 0 Å². The monoisotopic (exact) mass is 902 g/mol. The zero-order chi connectivity index (χ0) is 24.4. The first-order valence-corrected chi connectivity index (χ1v) is 16.7. The van der Waals surface area contributed by atoms with Gasteiger partial charge in [-0.2, -0.15) is 0 Å². The van der Waals surface area contributed by atoms with Crippen molar-refractivity contribution >= 4 is 112 Å². The van der Waals surface area contributed by atoms with Crippen LogP contribution in [0.5, 0.6) is 11.5 Å². The van der Waals surface area contributed by atoms with Gasteiger partial charge in [0.15, 0.2) is 0 Å². The van der Waals surface area contributed by atoms with Crippen LogP contribution in [-0.4, -0.2) is 41.4 Å². The maximum absolute atomic E-state index is 6.08. The summed E-state index contributed by atoms with van der Waals surface area (Å²) in [5.74, 6) is 1.59. The minimum atomic E-state index is 0.0137. The van der Waals surface area contributed by atoms with Crippen molar-refractivity contribution in [2.24, 2.45) is 0 Å². The summed E-state index contributed by atoms with van der Waals surface area (Å²) in [5.41, 5.74) is 2.32. The Labute approximate surface area is 255 Å². The Bertz CT molecular complexity index is 848. The molecule has 0 N–H and O–H groups in total. The van der Waals surface area contributed by atoms with E-state index in [2.05, 4.69) is 143 Å². The molecular formula is C23H25Br7O3. The molecule has 0 amide bonds. The molecule has 0 bridgehead atoms. The Morgan fingerprint density at radius 1 is 0.758 bits per heavy atom. The highest BCUT2D eigenvalue weighted by Gasteiger charge is 2.15. The summed E-state index contributed by atoms with van der Waals surface area (Å²) >= 11 is 25.2. The molecule has 2 aromatic carbocycles. The molecule has 2 atom stereocenters. The van der Waals surface area contributed by atoms with Gasteiger partial charge >= 0.3 is 0 Å². The summed E-state index contributed by atoms with van der Waals surface area (Å²) in [6, 6.07) is 8.38. The predicted molar refractivity (Wildman–Crippen MR) is 162 cm³/mol. The first-order valence-electron chi connectivity index (χ1n) is 10.4. The van der Waals surface area contributed by atoms with Crippen molar-refractivity contribution in [2.75, 3.05) is 30.5 Å². The molecular weight excluding hydrogens is 884 g/mol. The van der Waals surface area contributed by atoms with Gasteiger partial charge in [-0.1, -0.05) is 61.1 Å². The van der Waals surface area contributed by atoms with E-state index in [0.29, 0.717) is 13.2 Å². The van der Waals surface area contributed by atoms with Gasteiger partial charge in [0.05, 0.1) is 22.7 Å². The normalized spacial score (nSPS) is 13.1. The molecule has 0 heterocycles. The van der Waals surface area contributed by atoms with Crippen molar-refractivity contribution in [1.29, 1.82) is 0 Å². The van der Waals surface area contributed by atoms with Gasteiger partial charge in [0.1, 0.15) is 30.8 Å². The molecule has 184 valence electrons. The summed E-state index contributed by atoms with van der Waals surface area (Å²) in [7, 11) is 0. The molecule has 0 radical (unpaired) electrons.